The Morgan fingerprint density at radius 3 is 2.15 bits per heavy atom. The van der Waals surface area contributed by atoms with Crippen LogP contribution >= 0.6 is 17.0 Å². The van der Waals surface area contributed by atoms with Crippen molar-refractivity contribution in [3.8, 4) is 11.5 Å². The van der Waals surface area contributed by atoms with Crippen LogP contribution in [0.4, 0.5) is 0 Å². The summed E-state index contributed by atoms with van der Waals surface area (Å²) in [4.78, 5) is 24.1. The van der Waals surface area contributed by atoms with Crippen molar-refractivity contribution in [2.45, 2.75) is 6.42 Å². The second-order valence-electron chi connectivity index (χ2n) is 5.72. The molecule has 0 atom stereocenters. The Morgan fingerprint density at radius 2 is 1.50 bits per heavy atom. The van der Waals surface area contributed by atoms with Gasteiger partial charge in [0.25, 0.3) is 0 Å². The molecule has 136 valence electrons. The first kappa shape index (κ1) is 20.3. The van der Waals surface area contributed by atoms with Gasteiger partial charge in [0.05, 0.1) is 0 Å². The van der Waals surface area contributed by atoms with Gasteiger partial charge in [0.2, 0.25) is 11.6 Å². The van der Waals surface area contributed by atoms with Gasteiger partial charge in [-0.3, -0.25) is 9.59 Å². The maximum atomic E-state index is 12.0. The maximum absolute atomic E-state index is 12.0. The molecule has 0 fully saturated rings. The van der Waals surface area contributed by atoms with Gasteiger partial charge in [0.1, 0.15) is 11.5 Å². The van der Waals surface area contributed by atoms with Crippen molar-refractivity contribution in [2.75, 3.05) is 6.61 Å². The Kier molecular flexibility index (Phi) is 6.35. The minimum atomic E-state index is -0.457. The molecule has 0 aromatic heterocycles. The van der Waals surface area contributed by atoms with Crippen LogP contribution in [0.25, 0.3) is 10.8 Å². The minimum absolute atomic E-state index is 0. The van der Waals surface area contributed by atoms with E-state index in [1.54, 1.807) is 24.3 Å². The van der Waals surface area contributed by atoms with Gasteiger partial charge in [-0.05, 0) is 36.2 Å². The quantitative estimate of drug-likeness (QED) is 0.473. The molecule has 1 N–H and O–H groups in total. The molecule has 0 heterocycles. The predicted octanol–water partition coefficient (Wildman–Crippen LogP) is 4.12. The molecule has 1 aliphatic carbocycles. The van der Waals surface area contributed by atoms with E-state index < -0.39 is 11.6 Å². The molecule has 0 aliphatic heterocycles. The third-order valence-electron chi connectivity index (χ3n) is 4.25. The van der Waals surface area contributed by atoms with Crippen LogP contribution in [0, 0.1) is 0 Å². The van der Waals surface area contributed by atoms with Crippen molar-refractivity contribution in [3.05, 3.63) is 71.3 Å². The summed E-state index contributed by atoms with van der Waals surface area (Å²) in [5.41, 5.74) is 1.91. The molecular formula is C20H15BrNiO4. The maximum Gasteiger partial charge on any atom is 0.234 e. The molecule has 26 heavy (non-hydrogen) atoms. The van der Waals surface area contributed by atoms with Crippen LogP contribution in [0.2, 0.25) is 0 Å². The van der Waals surface area contributed by atoms with Crippen LogP contribution in [0.5, 0.6) is 11.5 Å². The van der Waals surface area contributed by atoms with Crippen LogP contribution < -0.4 is 4.74 Å². The summed E-state index contributed by atoms with van der Waals surface area (Å²) in [6.07, 6.45) is 0.603. The zero-order chi connectivity index (χ0) is 16.7. The number of hydrogen-bond acceptors (Lipinski definition) is 4. The van der Waals surface area contributed by atoms with Crippen molar-refractivity contribution < 1.29 is 35.9 Å². The molecule has 3 aromatic carbocycles. The number of ketones is 2. The van der Waals surface area contributed by atoms with Crippen molar-refractivity contribution >= 4 is 39.3 Å². The number of carbonyl (C=O) groups excluding carboxylic acids is 2. The number of hydrogen-bond donors (Lipinski definition) is 1. The second kappa shape index (κ2) is 8.13. The Morgan fingerprint density at radius 1 is 0.846 bits per heavy atom. The van der Waals surface area contributed by atoms with E-state index in [2.05, 4.69) is 0 Å². The number of ether oxygens (including phenoxy) is 1. The summed E-state index contributed by atoms with van der Waals surface area (Å²) in [6, 6.07) is 16.1. The van der Waals surface area contributed by atoms with Gasteiger partial charge in [-0.25, -0.2) is 0 Å². The normalized spacial score (nSPS) is 11.9. The average Bonchev–Trinajstić information content (AvgIpc) is 2.86. The number of benzene rings is 3. The third-order valence-corrected chi connectivity index (χ3v) is 4.25. The van der Waals surface area contributed by atoms with Crippen LogP contribution in [-0.4, -0.2) is 23.3 Å². The fraction of sp³-hybridized carbons (Fsp3) is 0.100. The van der Waals surface area contributed by atoms with Crippen molar-refractivity contribution in [2.24, 2.45) is 0 Å². The molecule has 4 rings (SSSR count). The van der Waals surface area contributed by atoms with E-state index in [0.717, 1.165) is 10.9 Å². The largest absolute Gasteiger partial charge is 0.457 e. The Labute approximate surface area is 170 Å². The van der Waals surface area contributed by atoms with E-state index in [1.165, 1.54) is 0 Å². The first-order valence-electron chi connectivity index (χ1n) is 7.71. The first-order valence-corrected chi connectivity index (χ1v) is 7.71. The Balaban J connectivity index is 0.00000121. The van der Waals surface area contributed by atoms with Gasteiger partial charge in [-0.1, -0.05) is 30.3 Å². The molecule has 4 nitrogen and oxygen atoms in total. The topological polar surface area (TPSA) is 63.6 Å². The van der Waals surface area contributed by atoms with E-state index in [4.69, 9.17) is 9.84 Å². The molecule has 0 amide bonds. The summed E-state index contributed by atoms with van der Waals surface area (Å²) in [7, 11) is 0. The number of aliphatic hydroxyl groups is 1. The molecule has 0 bridgehead atoms. The second-order valence-corrected chi connectivity index (χ2v) is 5.72. The summed E-state index contributed by atoms with van der Waals surface area (Å²) in [6.45, 7) is 0.108. The smallest absolute Gasteiger partial charge is 0.234 e. The molecule has 1 aliphatic rings. The molecule has 0 spiro atoms. The zero-order valence-corrected chi connectivity index (χ0v) is 16.2. The van der Waals surface area contributed by atoms with Gasteiger partial charge in [-0.2, -0.15) is 0 Å². The molecule has 6 heteroatoms. The van der Waals surface area contributed by atoms with Crippen molar-refractivity contribution in [1.82, 2.24) is 0 Å². The summed E-state index contributed by atoms with van der Waals surface area (Å²) in [5, 5.41) is 10.4. The minimum Gasteiger partial charge on any atom is -0.457 e. The number of aliphatic hydroxyl groups excluding tert-OH is 1. The molecule has 0 radical (unpaired) electrons. The van der Waals surface area contributed by atoms with Gasteiger partial charge in [0.15, 0.2) is 0 Å². The average molecular weight is 458 g/mol. The van der Waals surface area contributed by atoms with E-state index in [-0.39, 0.29) is 40.1 Å². The number of carbonyl (C=O) groups is 2. The number of rotatable bonds is 4. The van der Waals surface area contributed by atoms with E-state index in [1.807, 2.05) is 30.3 Å². The van der Waals surface area contributed by atoms with Crippen molar-refractivity contribution in [3.63, 3.8) is 0 Å². The number of halogens is 1. The van der Waals surface area contributed by atoms with E-state index in [0.29, 0.717) is 34.4 Å². The van der Waals surface area contributed by atoms with Crippen LogP contribution in [0.15, 0.2) is 54.6 Å². The summed E-state index contributed by atoms with van der Waals surface area (Å²) in [5.74, 6) is 0.350. The zero-order valence-electron chi connectivity index (χ0n) is 13.5. The van der Waals surface area contributed by atoms with Crippen LogP contribution in [-0.2, 0) is 22.9 Å². The summed E-state index contributed by atoms with van der Waals surface area (Å²) >= 11 is 0. The molecule has 0 saturated carbocycles. The van der Waals surface area contributed by atoms with E-state index in [9.17, 15) is 9.59 Å². The molecular weight excluding hydrogens is 443 g/mol. The van der Waals surface area contributed by atoms with Gasteiger partial charge < -0.3 is 9.84 Å². The molecule has 0 unspecified atom stereocenters. The standard InChI is InChI=1S/C20H14O4.BrH.Ni/c21-11-10-12-4-6-13(7-5-12)24-17-9-8-16-18-14(17)2-1-3-15(18)19(22)20(16)23;;/h1-9,21H,10-11H2;1H;. The van der Waals surface area contributed by atoms with Crippen molar-refractivity contribution in [1.29, 1.82) is 0 Å². The third kappa shape index (κ3) is 3.32. The van der Waals surface area contributed by atoms with Gasteiger partial charge in [0, 0.05) is 45.0 Å². The monoisotopic (exact) mass is 456 g/mol. The Hall–Kier alpha value is -2.01. The molecule has 3 aromatic rings. The fourth-order valence-corrected chi connectivity index (χ4v) is 3.07. The van der Waals surface area contributed by atoms with Gasteiger partial charge >= 0.3 is 0 Å². The predicted molar refractivity (Wildman–Crippen MR) is 100 cm³/mol. The molecule has 0 saturated heterocycles. The summed E-state index contributed by atoms with van der Waals surface area (Å²) < 4.78 is 5.95. The van der Waals surface area contributed by atoms with Crippen LogP contribution in [0.1, 0.15) is 26.3 Å². The Bertz CT molecular complexity index is 963. The van der Waals surface area contributed by atoms with E-state index >= 15 is 0 Å². The number of Topliss-reactive ketones (excluding diaryl/α,β-unsaturated/α-hetero) is 2. The van der Waals surface area contributed by atoms with Crippen LogP contribution in [0.3, 0.4) is 0 Å². The first-order chi connectivity index (χ1) is 11.7. The fourth-order valence-electron chi connectivity index (χ4n) is 3.07. The SMILES string of the molecule is Br.O=C1C(=O)c2ccc(Oc3ccc(CCO)cc3)c3cccc1c23.[Ni]. The van der Waals surface area contributed by atoms with Gasteiger partial charge in [-0.15, -0.1) is 17.0 Å².